The maximum absolute atomic E-state index is 11.4. The maximum atomic E-state index is 11.4. The van der Waals surface area contributed by atoms with E-state index in [-0.39, 0.29) is 11.3 Å². The van der Waals surface area contributed by atoms with Crippen LogP contribution >= 0.6 is 0 Å². The number of aromatic nitrogens is 2. The highest BCUT2D eigenvalue weighted by Gasteiger charge is 1.98. The number of hydrogen-bond acceptors (Lipinski definition) is 3. The van der Waals surface area contributed by atoms with Crippen LogP contribution in [0.15, 0.2) is 17.1 Å². The van der Waals surface area contributed by atoms with E-state index in [9.17, 15) is 9.59 Å². The second kappa shape index (κ2) is 5.44. The summed E-state index contributed by atoms with van der Waals surface area (Å²) >= 11 is 0. The fourth-order valence-corrected chi connectivity index (χ4v) is 1.33. The van der Waals surface area contributed by atoms with Crippen molar-refractivity contribution in [3.05, 3.63) is 28.2 Å². The number of carbonyl (C=O) groups is 1. The number of carbonyl (C=O) groups excluding carboxylic acids is 1. The number of ketones is 1. The Morgan fingerprint density at radius 3 is 2.80 bits per heavy atom. The molecule has 0 unspecified atom stereocenters. The molecular weight excluding hydrogens is 192 g/mol. The van der Waals surface area contributed by atoms with Crippen LogP contribution in [0.1, 0.15) is 31.7 Å². The fraction of sp³-hybridized carbons (Fsp3) is 0.545. The van der Waals surface area contributed by atoms with E-state index in [2.05, 4.69) is 5.10 Å². The lowest BCUT2D eigenvalue weighted by atomic mass is 10.2. The standard InChI is InChI=1S/C11H16N2O2/c1-9-7-11(15)13(12-8-9)6-4-3-5-10(2)14/h7-8H,3-6H2,1-2H3. The Morgan fingerprint density at radius 2 is 2.20 bits per heavy atom. The summed E-state index contributed by atoms with van der Waals surface area (Å²) in [6.07, 6.45) is 3.89. The van der Waals surface area contributed by atoms with E-state index >= 15 is 0 Å². The molecule has 0 N–H and O–H groups in total. The molecule has 1 heterocycles. The van der Waals surface area contributed by atoms with Crippen molar-refractivity contribution in [2.45, 2.75) is 39.7 Å². The van der Waals surface area contributed by atoms with E-state index in [0.717, 1.165) is 18.4 Å². The van der Waals surface area contributed by atoms with Crippen molar-refractivity contribution in [1.82, 2.24) is 9.78 Å². The Kier molecular flexibility index (Phi) is 4.21. The summed E-state index contributed by atoms with van der Waals surface area (Å²) < 4.78 is 1.44. The molecule has 1 aromatic heterocycles. The van der Waals surface area contributed by atoms with Gasteiger partial charge >= 0.3 is 0 Å². The monoisotopic (exact) mass is 208 g/mol. The molecule has 15 heavy (non-hydrogen) atoms. The summed E-state index contributed by atoms with van der Waals surface area (Å²) in [7, 11) is 0. The molecule has 0 saturated heterocycles. The average Bonchev–Trinajstić information content (AvgIpc) is 2.14. The molecule has 0 saturated carbocycles. The molecule has 0 bridgehead atoms. The van der Waals surface area contributed by atoms with E-state index in [4.69, 9.17) is 0 Å². The maximum Gasteiger partial charge on any atom is 0.266 e. The van der Waals surface area contributed by atoms with Crippen molar-refractivity contribution >= 4 is 5.78 Å². The minimum Gasteiger partial charge on any atom is -0.300 e. The largest absolute Gasteiger partial charge is 0.300 e. The number of nitrogens with zero attached hydrogens (tertiary/aromatic N) is 2. The zero-order chi connectivity index (χ0) is 11.3. The molecular formula is C11H16N2O2. The summed E-state index contributed by atoms with van der Waals surface area (Å²) in [5.74, 6) is 0.194. The molecule has 0 atom stereocenters. The van der Waals surface area contributed by atoms with E-state index < -0.39 is 0 Å². The third-order valence-electron chi connectivity index (χ3n) is 2.16. The number of rotatable bonds is 5. The number of aryl methyl sites for hydroxylation is 2. The molecule has 1 aromatic rings. The van der Waals surface area contributed by atoms with E-state index in [1.54, 1.807) is 19.2 Å². The SMILES string of the molecule is CC(=O)CCCCn1ncc(C)cc1=O. The highest BCUT2D eigenvalue weighted by Crippen LogP contribution is 1.97. The smallest absolute Gasteiger partial charge is 0.266 e. The Labute approximate surface area is 88.9 Å². The van der Waals surface area contributed by atoms with Gasteiger partial charge in [-0.2, -0.15) is 5.10 Å². The first-order valence-electron chi connectivity index (χ1n) is 5.13. The van der Waals surface area contributed by atoms with Gasteiger partial charge in [0.1, 0.15) is 5.78 Å². The van der Waals surface area contributed by atoms with Crippen molar-refractivity contribution in [2.75, 3.05) is 0 Å². The predicted molar refractivity (Wildman–Crippen MR) is 57.8 cm³/mol. The lowest BCUT2D eigenvalue weighted by molar-refractivity contribution is -0.117. The van der Waals surface area contributed by atoms with E-state index in [1.165, 1.54) is 4.68 Å². The van der Waals surface area contributed by atoms with Crippen molar-refractivity contribution in [3.8, 4) is 0 Å². The van der Waals surface area contributed by atoms with Gasteiger partial charge in [0.05, 0.1) is 6.20 Å². The summed E-state index contributed by atoms with van der Waals surface area (Å²) in [5.41, 5.74) is 0.804. The van der Waals surface area contributed by atoms with Gasteiger partial charge in [-0.15, -0.1) is 0 Å². The van der Waals surface area contributed by atoms with Crippen molar-refractivity contribution < 1.29 is 4.79 Å². The highest BCUT2D eigenvalue weighted by molar-refractivity contribution is 5.75. The Balaban J connectivity index is 2.44. The zero-order valence-electron chi connectivity index (χ0n) is 9.19. The molecule has 4 heteroatoms. The first-order valence-corrected chi connectivity index (χ1v) is 5.13. The quantitative estimate of drug-likeness (QED) is 0.685. The fourth-order valence-electron chi connectivity index (χ4n) is 1.33. The first-order chi connectivity index (χ1) is 7.09. The molecule has 0 aliphatic rings. The topological polar surface area (TPSA) is 52.0 Å². The van der Waals surface area contributed by atoms with Crippen molar-refractivity contribution in [2.24, 2.45) is 0 Å². The summed E-state index contributed by atoms with van der Waals surface area (Å²) in [4.78, 5) is 22.1. The number of hydrogen-bond donors (Lipinski definition) is 0. The third kappa shape index (κ3) is 4.06. The second-order valence-electron chi connectivity index (χ2n) is 3.75. The molecule has 0 fully saturated rings. The van der Waals surface area contributed by atoms with Crippen LogP contribution in [0.5, 0.6) is 0 Å². The number of unbranched alkanes of at least 4 members (excludes halogenated alkanes) is 1. The Bertz CT molecular complexity index is 396. The van der Waals surface area contributed by atoms with Crippen LogP contribution in [-0.2, 0) is 11.3 Å². The lowest BCUT2D eigenvalue weighted by Gasteiger charge is -2.03. The van der Waals surface area contributed by atoms with E-state index in [0.29, 0.717) is 13.0 Å². The number of Topliss-reactive ketones (excluding diaryl/α,β-unsaturated/α-hetero) is 1. The minimum atomic E-state index is -0.0715. The second-order valence-corrected chi connectivity index (χ2v) is 3.75. The van der Waals surface area contributed by atoms with Gasteiger partial charge in [0.2, 0.25) is 0 Å². The summed E-state index contributed by atoms with van der Waals surface area (Å²) in [6, 6.07) is 1.57. The van der Waals surface area contributed by atoms with Crippen LogP contribution in [0.3, 0.4) is 0 Å². The Morgan fingerprint density at radius 1 is 1.47 bits per heavy atom. The van der Waals surface area contributed by atoms with Gasteiger partial charge in [0.15, 0.2) is 0 Å². The van der Waals surface area contributed by atoms with Crippen LogP contribution in [0.2, 0.25) is 0 Å². The predicted octanol–water partition coefficient (Wildman–Crippen LogP) is 1.31. The molecule has 0 aliphatic carbocycles. The lowest BCUT2D eigenvalue weighted by Crippen LogP contribution is -2.22. The average molecular weight is 208 g/mol. The third-order valence-corrected chi connectivity index (χ3v) is 2.16. The van der Waals surface area contributed by atoms with Gasteiger partial charge < -0.3 is 4.79 Å². The molecule has 0 aromatic carbocycles. The molecule has 0 spiro atoms. The van der Waals surface area contributed by atoms with E-state index in [1.807, 2.05) is 6.92 Å². The van der Waals surface area contributed by atoms with Crippen LogP contribution in [0, 0.1) is 6.92 Å². The highest BCUT2D eigenvalue weighted by atomic mass is 16.1. The molecule has 1 rings (SSSR count). The molecule has 82 valence electrons. The van der Waals surface area contributed by atoms with Gasteiger partial charge in [0, 0.05) is 19.0 Å². The zero-order valence-corrected chi connectivity index (χ0v) is 9.19. The van der Waals surface area contributed by atoms with Crippen molar-refractivity contribution in [1.29, 1.82) is 0 Å². The van der Waals surface area contributed by atoms with Gasteiger partial charge in [-0.25, -0.2) is 4.68 Å². The molecule has 4 nitrogen and oxygen atoms in total. The molecule has 0 radical (unpaired) electrons. The van der Waals surface area contributed by atoms with Crippen molar-refractivity contribution in [3.63, 3.8) is 0 Å². The minimum absolute atomic E-state index is 0.0715. The van der Waals surface area contributed by atoms with Gasteiger partial charge in [-0.05, 0) is 32.3 Å². The molecule has 0 amide bonds. The molecule has 0 aliphatic heterocycles. The van der Waals surface area contributed by atoms with Crippen LogP contribution in [-0.4, -0.2) is 15.6 Å². The van der Waals surface area contributed by atoms with Gasteiger partial charge in [-0.3, -0.25) is 4.79 Å². The normalized spacial score (nSPS) is 10.3. The Hall–Kier alpha value is -1.45. The van der Waals surface area contributed by atoms with Crippen LogP contribution in [0.4, 0.5) is 0 Å². The van der Waals surface area contributed by atoms with Gasteiger partial charge in [-0.1, -0.05) is 0 Å². The van der Waals surface area contributed by atoms with Crippen LogP contribution < -0.4 is 5.56 Å². The first kappa shape index (κ1) is 11.6. The summed E-state index contributed by atoms with van der Waals surface area (Å²) in [6.45, 7) is 4.01. The summed E-state index contributed by atoms with van der Waals surface area (Å²) in [5, 5.41) is 4.01. The van der Waals surface area contributed by atoms with Gasteiger partial charge in [0.25, 0.3) is 5.56 Å². The van der Waals surface area contributed by atoms with Crippen LogP contribution in [0.25, 0.3) is 0 Å².